The van der Waals surface area contributed by atoms with Gasteiger partial charge in [0.2, 0.25) is 5.91 Å². The Hall–Kier alpha value is -3.64. The first-order valence-electron chi connectivity index (χ1n) is 12.4. The average Bonchev–Trinajstić information content (AvgIpc) is 2.89. The van der Waals surface area contributed by atoms with Crippen LogP contribution in [0.3, 0.4) is 0 Å². The van der Waals surface area contributed by atoms with Crippen molar-refractivity contribution in [3.05, 3.63) is 101 Å². The molecular formula is C30H34N2O4. The van der Waals surface area contributed by atoms with Gasteiger partial charge < -0.3 is 19.7 Å². The molecule has 188 valence electrons. The lowest BCUT2D eigenvalue weighted by Gasteiger charge is -2.42. The summed E-state index contributed by atoms with van der Waals surface area (Å²) >= 11 is 0. The normalized spacial score (nSPS) is 21.6. The number of nitrogens with one attached hydrogen (secondary N) is 1. The van der Waals surface area contributed by atoms with Crippen LogP contribution in [0.2, 0.25) is 0 Å². The minimum atomic E-state index is -0.509. The molecule has 36 heavy (non-hydrogen) atoms. The third-order valence-corrected chi connectivity index (χ3v) is 6.79. The maximum absolute atomic E-state index is 13.9. The number of hydrogen-bond acceptors (Lipinski definition) is 4. The molecule has 2 aliphatic rings. The number of amides is 2. The zero-order chi connectivity index (χ0) is 25.3. The van der Waals surface area contributed by atoms with Crippen molar-refractivity contribution in [3.8, 4) is 5.75 Å². The lowest BCUT2D eigenvalue weighted by atomic mass is 9.79. The molecule has 1 N–H and O–H groups in total. The van der Waals surface area contributed by atoms with Crippen LogP contribution in [-0.4, -0.2) is 50.1 Å². The maximum Gasteiger partial charge on any atom is 0.254 e. The molecule has 2 aromatic rings. The van der Waals surface area contributed by atoms with Crippen molar-refractivity contribution in [3.63, 3.8) is 0 Å². The number of methoxy groups -OCH3 is 2. The van der Waals surface area contributed by atoms with Gasteiger partial charge in [-0.25, -0.2) is 0 Å². The van der Waals surface area contributed by atoms with E-state index >= 15 is 0 Å². The van der Waals surface area contributed by atoms with Crippen molar-refractivity contribution in [1.82, 2.24) is 10.2 Å². The predicted octanol–water partition coefficient (Wildman–Crippen LogP) is 4.79. The fourth-order valence-corrected chi connectivity index (χ4v) is 4.98. The van der Waals surface area contributed by atoms with E-state index in [2.05, 4.69) is 35.7 Å². The SMILES string of the molecule is COCCN1C(=O)c2ccccc2C(C(=O)NCc2ccccc2OC)C1C/C1=C/C=CC/C=C\C1. The summed E-state index contributed by atoms with van der Waals surface area (Å²) in [6.07, 6.45) is 12.9. The third-order valence-electron chi connectivity index (χ3n) is 6.79. The lowest BCUT2D eigenvalue weighted by Crippen LogP contribution is -2.53. The van der Waals surface area contributed by atoms with Gasteiger partial charge in [0.1, 0.15) is 5.75 Å². The standard InChI is InChI=1S/C30H34N2O4/c1-35-19-18-32-26(20-22-12-6-4-3-5-7-13-22)28(24-15-9-10-16-25(24)30(32)34)29(33)31-21-23-14-8-11-17-27(23)36-2/h4-12,14-17,26,28H,3,13,18-21H2,1-2H3,(H,31,33)/b6-4?,7-5-,22-12+. The number of carbonyl (C=O) groups excluding carboxylic acids is 2. The highest BCUT2D eigenvalue weighted by molar-refractivity contribution is 6.01. The Bertz CT molecular complexity index is 1170. The van der Waals surface area contributed by atoms with Crippen LogP contribution in [0.15, 0.2) is 84.5 Å². The van der Waals surface area contributed by atoms with Gasteiger partial charge in [-0.15, -0.1) is 0 Å². The summed E-state index contributed by atoms with van der Waals surface area (Å²) in [5.74, 6) is 0.0584. The second kappa shape index (κ2) is 12.4. The zero-order valence-corrected chi connectivity index (χ0v) is 21.0. The quantitative estimate of drug-likeness (QED) is 0.518. The Morgan fingerprint density at radius 3 is 2.69 bits per heavy atom. The van der Waals surface area contributed by atoms with E-state index in [4.69, 9.17) is 9.47 Å². The number of benzene rings is 2. The Morgan fingerprint density at radius 2 is 1.86 bits per heavy atom. The Labute approximate surface area is 213 Å². The van der Waals surface area contributed by atoms with Crippen molar-refractivity contribution in [2.75, 3.05) is 27.4 Å². The summed E-state index contributed by atoms with van der Waals surface area (Å²) in [6.45, 7) is 1.16. The Morgan fingerprint density at radius 1 is 1.06 bits per heavy atom. The van der Waals surface area contributed by atoms with Crippen LogP contribution in [0.4, 0.5) is 0 Å². The van der Waals surface area contributed by atoms with Gasteiger partial charge in [-0.1, -0.05) is 72.4 Å². The molecule has 0 radical (unpaired) electrons. The molecule has 2 aromatic carbocycles. The monoisotopic (exact) mass is 486 g/mol. The number of allylic oxidation sites excluding steroid dienone is 5. The second-order valence-corrected chi connectivity index (χ2v) is 9.02. The first-order valence-corrected chi connectivity index (χ1v) is 12.4. The molecule has 0 fully saturated rings. The van der Waals surface area contributed by atoms with Gasteiger partial charge in [0, 0.05) is 31.3 Å². The number of fused-ring (bicyclic) bond motifs is 1. The lowest BCUT2D eigenvalue weighted by molar-refractivity contribution is -0.124. The first-order chi connectivity index (χ1) is 17.6. The Kier molecular flexibility index (Phi) is 8.74. The van der Waals surface area contributed by atoms with Gasteiger partial charge in [0.15, 0.2) is 0 Å². The topological polar surface area (TPSA) is 67.9 Å². The number of carbonyl (C=O) groups is 2. The first kappa shape index (κ1) is 25.5. The largest absolute Gasteiger partial charge is 0.496 e. The van der Waals surface area contributed by atoms with Crippen molar-refractivity contribution in [2.24, 2.45) is 0 Å². The van der Waals surface area contributed by atoms with Crippen LogP contribution in [0.25, 0.3) is 0 Å². The van der Waals surface area contributed by atoms with Gasteiger partial charge in [-0.3, -0.25) is 9.59 Å². The molecule has 0 saturated heterocycles. The number of rotatable bonds is 9. The molecule has 1 aliphatic carbocycles. The van der Waals surface area contributed by atoms with Crippen LogP contribution in [0.5, 0.6) is 5.75 Å². The summed E-state index contributed by atoms with van der Waals surface area (Å²) in [4.78, 5) is 29.3. The molecular weight excluding hydrogens is 452 g/mol. The molecule has 0 saturated carbocycles. The molecule has 0 aromatic heterocycles. The fourth-order valence-electron chi connectivity index (χ4n) is 4.98. The molecule has 2 unspecified atom stereocenters. The summed E-state index contributed by atoms with van der Waals surface area (Å²) < 4.78 is 10.8. The van der Waals surface area contributed by atoms with Crippen molar-refractivity contribution < 1.29 is 19.1 Å². The van der Waals surface area contributed by atoms with Crippen LogP contribution < -0.4 is 10.1 Å². The van der Waals surface area contributed by atoms with Gasteiger partial charge in [0.05, 0.1) is 25.7 Å². The summed E-state index contributed by atoms with van der Waals surface area (Å²) in [7, 11) is 3.25. The van der Waals surface area contributed by atoms with Gasteiger partial charge in [0.25, 0.3) is 5.91 Å². The van der Waals surface area contributed by atoms with Gasteiger partial charge in [-0.2, -0.15) is 0 Å². The van der Waals surface area contributed by atoms with E-state index in [9.17, 15) is 9.59 Å². The highest BCUT2D eigenvalue weighted by atomic mass is 16.5. The number of hydrogen-bond donors (Lipinski definition) is 1. The minimum absolute atomic E-state index is 0.0565. The molecule has 1 heterocycles. The van der Waals surface area contributed by atoms with Gasteiger partial charge >= 0.3 is 0 Å². The summed E-state index contributed by atoms with van der Waals surface area (Å²) in [6, 6.07) is 14.8. The molecule has 4 rings (SSSR count). The smallest absolute Gasteiger partial charge is 0.254 e. The molecule has 2 atom stereocenters. The Balaban J connectivity index is 1.69. The van der Waals surface area contributed by atoms with Gasteiger partial charge in [-0.05, 0) is 37.0 Å². The fraction of sp³-hybridized carbons (Fsp3) is 0.333. The predicted molar refractivity (Wildman–Crippen MR) is 141 cm³/mol. The van der Waals surface area contributed by atoms with Crippen molar-refractivity contribution in [1.29, 1.82) is 0 Å². The minimum Gasteiger partial charge on any atom is -0.496 e. The maximum atomic E-state index is 13.9. The van der Waals surface area contributed by atoms with E-state index in [0.29, 0.717) is 31.7 Å². The van der Waals surface area contributed by atoms with Crippen molar-refractivity contribution in [2.45, 2.75) is 37.8 Å². The number of nitrogens with zero attached hydrogens (tertiary/aromatic N) is 1. The number of para-hydroxylation sites is 1. The molecule has 1 aliphatic heterocycles. The summed E-state index contributed by atoms with van der Waals surface area (Å²) in [5.41, 5.74) is 3.44. The van der Waals surface area contributed by atoms with E-state index in [1.807, 2.05) is 53.4 Å². The number of ether oxygens (including phenoxy) is 2. The van der Waals surface area contributed by atoms with Crippen molar-refractivity contribution >= 4 is 11.8 Å². The van der Waals surface area contributed by atoms with Crippen LogP contribution in [0.1, 0.15) is 46.7 Å². The van der Waals surface area contributed by atoms with E-state index < -0.39 is 5.92 Å². The molecule has 0 bridgehead atoms. The third kappa shape index (κ3) is 5.77. The van der Waals surface area contributed by atoms with E-state index in [-0.39, 0.29) is 17.9 Å². The molecule has 2 amide bonds. The van der Waals surface area contributed by atoms with Crippen LogP contribution in [-0.2, 0) is 16.1 Å². The molecule has 6 nitrogen and oxygen atoms in total. The zero-order valence-electron chi connectivity index (χ0n) is 21.0. The highest BCUT2D eigenvalue weighted by Crippen LogP contribution is 2.37. The van der Waals surface area contributed by atoms with E-state index in [1.165, 1.54) is 5.57 Å². The molecule has 6 heteroatoms. The second-order valence-electron chi connectivity index (χ2n) is 9.02. The average molecular weight is 487 g/mol. The van der Waals surface area contributed by atoms with Crippen LogP contribution in [0, 0.1) is 0 Å². The van der Waals surface area contributed by atoms with E-state index in [1.54, 1.807) is 14.2 Å². The van der Waals surface area contributed by atoms with Crippen LogP contribution >= 0.6 is 0 Å². The molecule has 0 spiro atoms. The van der Waals surface area contributed by atoms with E-state index in [0.717, 1.165) is 29.7 Å². The summed E-state index contributed by atoms with van der Waals surface area (Å²) in [5, 5.41) is 3.13. The highest BCUT2D eigenvalue weighted by Gasteiger charge is 2.43.